The predicted molar refractivity (Wildman–Crippen MR) is 54.7 cm³/mol. The average molecular weight is 186 g/mol. The summed E-state index contributed by atoms with van der Waals surface area (Å²) in [7, 11) is 2.12. The number of likely N-dealkylation sites (tertiary alicyclic amines) is 1. The molecule has 0 aliphatic carbocycles. The summed E-state index contributed by atoms with van der Waals surface area (Å²) in [5.74, 6) is 0.404. The van der Waals surface area contributed by atoms with Crippen molar-refractivity contribution in [2.75, 3.05) is 26.7 Å². The summed E-state index contributed by atoms with van der Waals surface area (Å²) in [6, 6.07) is 1.02. The van der Waals surface area contributed by atoms with E-state index in [1.54, 1.807) is 0 Å². The maximum Gasteiger partial charge on any atom is 0.0486 e. The number of nitrogens with one attached hydrogen (secondary N) is 1. The van der Waals surface area contributed by atoms with Crippen molar-refractivity contribution < 1.29 is 5.11 Å². The molecule has 1 fully saturated rings. The summed E-state index contributed by atoms with van der Waals surface area (Å²) in [4.78, 5) is 2.29. The van der Waals surface area contributed by atoms with E-state index in [2.05, 4.69) is 31.1 Å². The van der Waals surface area contributed by atoms with E-state index in [-0.39, 0.29) is 0 Å². The van der Waals surface area contributed by atoms with Crippen molar-refractivity contribution in [1.29, 1.82) is 0 Å². The summed E-state index contributed by atoms with van der Waals surface area (Å²) in [5.41, 5.74) is 0. The van der Waals surface area contributed by atoms with Gasteiger partial charge in [0.05, 0.1) is 0 Å². The lowest BCUT2D eigenvalue weighted by Gasteiger charge is -2.37. The fourth-order valence-electron chi connectivity index (χ4n) is 2.05. The van der Waals surface area contributed by atoms with Gasteiger partial charge in [0.2, 0.25) is 0 Å². The van der Waals surface area contributed by atoms with Crippen LogP contribution < -0.4 is 5.32 Å². The van der Waals surface area contributed by atoms with Gasteiger partial charge in [-0.1, -0.05) is 13.8 Å². The zero-order valence-electron chi connectivity index (χ0n) is 8.95. The van der Waals surface area contributed by atoms with Crippen molar-refractivity contribution in [2.24, 2.45) is 5.92 Å². The summed E-state index contributed by atoms with van der Waals surface area (Å²) >= 11 is 0. The summed E-state index contributed by atoms with van der Waals surface area (Å²) < 4.78 is 0. The van der Waals surface area contributed by atoms with Gasteiger partial charge in [-0.3, -0.25) is 0 Å². The lowest BCUT2D eigenvalue weighted by molar-refractivity contribution is 0.101. The van der Waals surface area contributed by atoms with Crippen LogP contribution in [0.1, 0.15) is 20.3 Å². The number of hydrogen-bond acceptors (Lipinski definition) is 3. The van der Waals surface area contributed by atoms with Gasteiger partial charge < -0.3 is 15.3 Å². The van der Waals surface area contributed by atoms with Gasteiger partial charge in [0, 0.05) is 31.2 Å². The smallest absolute Gasteiger partial charge is 0.0486 e. The van der Waals surface area contributed by atoms with Gasteiger partial charge in [0.15, 0.2) is 0 Å². The second kappa shape index (κ2) is 4.94. The van der Waals surface area contributed by atoms with Crippen LogP contribution >= 0.6 is 0 Å². The molecule has 0 aromatic rings. The van der Waals surface area contributed by atoms with Crippen LogP contribution in [-0.2, 0) is 0 Å². The number of piperidine rings is 1. The molecule has 0 aromatic heterocycles. The summed E-state index contributed by atoms with van der Waals surface area (Å²) in [6.45, 7) is 6.77. The Morgan fingerprint density at radius 3 is 2.77 bits per heavy atom. The highest BCUT2D eigenvalue weighted by Crippen LogP contribution is 2.15. The molecule has 13 heavy (non-hydrogen) atoms. The minimum atomic E-state index is 0.300. The molecule has 78 valence electrons. The fraction of sp³-hybridized carbons (Fsp3) is 1.00. The van der Waals surface area contributed by atoms with Crippen molar-refractivity contribution in [3.05, 3.63) is 0 Å². The van der Waals surface area contributed by atoms with Gasteiger partial charge in [-0.05, 0) is 20.0 Å². The third kappa shape index (κ3) is 3.25. The molecule has 0 spiro atoms. The van der Waals surface area contributed by atoms with E-state index in [1.165, 1.54) is 0 Å². The minimum Gasteiger partial charge on any atom is -0.396 e. The second-order valence-electron chi connectivity index (χ2n) is 4.42. The largest absolute Gasteiger partial charge is 0.396 e. The van der Waals surface area contributed by atoms with Gasteiger partial charge in [-0.15, -0.1) is 0 Å². The Morgan fingerprint density at radius 1 is 1.54 bits per heavy atom. The van der Waals surface area contributed by atoms with Gasteiger partial charge in [0.1, 0.15) is 0 Å². The normalized spacial score (nSPS) is 31.2. The molecule has 0 saturated carbocycles. The maximum absolute atomic E-state index is 9.23. The van der Waals surface area contributed by atoms with E-state index in [0.717, 1.165) is 19.5 Å². The number of nitrogens with zero attached hydrogens (tertiary/aromatic N) is 1. The highest BCUT2D eigenvalue weighted by atomic mass is 16.3. The minimum absolute atomic E-state index is 0.300. The van der Waals surface area contributed by atoms with Gasteiger partial charge in [-0.25, -0.2) is 0 Å². The maximum atomic E-state index is 9.23. The van der Waals surface area contributed by atoms with Gasteiger partial charge in [-0.2, -0.15) is 0 Å². The molecule has 3 nitrogen and oxygen atoms in total. The van der Waals surface area contributed by atoms with Gasteiger partial charge >= 0.3 is 0 Å². The molecule has 2 unspecified atom stereocenters. The monoisotopic (exact) mass is 186 g/mol. The fourth-order valence-corrected chi connectivity index (χ4v) is 2.05. The Balaban J connectivity index is 2.42. The van der Waals surface area contributed by atoms with Crippen molar-refractivity contribution in [3.63, 3.8) is 0 Å². The number of aliphatic hydroxyl groups excluding tert-OH is 1. The standard InChI is InChI=1S/C10H22N2O/c1-8(2)11-10-4-5-12(3)6-9(10)7-13/h8-11,13H,4-7H2,1-3H3. The SMILES string of the molecule is CC(C)NC1CCN(C)CC1CO. The third-order valence-corrected chi connectivity index (χ3v) is 2.72. The van der Waals surface area contributed by atoms with Crippen LogP contribution in [0.5, 0.6) is 0 Å². The highest BCUT2D eigenvalue weighted by molar-refractivity contribution is 4.84. The Hall–Kier alpha value is -0.120. The summed E-state index contributed by atoms with van der Waals surface area (Å²) in [5, 5.41) is 12.7. The molecule has 1 rings (SSSR count). The van der Waals surface area contributed by atoms with Crippen LogP contribution in [0.3, 0.4) is 0 Å². The van der Waals surface area contributed by atoms with Crippen LogP contribution in [0, 0.1) is 5.92 Å². The number of rotatable bonds is 3. The van der Waals surface area contributed by atoms with E-state index in [0.29, 0.717) is 24.6 Å². The first-order chi connectivity index (χ1) is 6.13. The van der Waals surface area contributed by atoms with E-state index in [4.69, 9.17) is 0 Å². The Morgan fingerprint density at radius 2 is 2.23 bits per heavy atom. The molecule has 2 atom stereocenters. The van der Waals surface area contributed by atoms with E-state index < -0.39 is 0 Å². The van der Waals surface area contributed by atoms with E-state index >= 15 is 0 Å². The predicted octanol–water partition coefficient (Wildman–Crippen LogP) is 0.297. The van der Waals surface area contributed by atoms with Crippen LogP contribution in [-0.4, -0.2) is 48.8 Å². The zero-order valence-corrected chi connectivity index (χ0v) is 8.95. The average Bonchev–Trinajstić information content (AvgIpc) is 2.07. The second-order valence-corrected chi connectivity index (χ2v) is 4.42. The van der Waals surface area contributed by atoms with Crippen LogP contribution in [0.15, 0.2) is 0 Å². The van der Waals surface area contributed by atoms with Crippen molar-refractivity contribution in [3.8, 4) is 0 Å². The molecule has 1 aliphatic rings. The van der Waals surface area contributed by atoms with Gasteiger partial charge in [0.25, 0.3) is 0 Å². The molecule has 1 heterocycles. The molecule has 3 heteroatoms. The first kappa shape index (κ1) is 11.0. The van der Waals surface area contributed by atoms with Crippen molar-refractivity contribution in [2.45, 2.75) is 32.4 Å². The first-order valence-corrected chi connectivity index (χ1v) is 5.19. The van der Waals surface area contributed by atoms with E-state index in [1.807, 2.05) is 0 Å². The molecule has 0 amide bonds. The molecule has 1 aliphatic heterocycles. The summed E-state index contributed by atoms with van der Waals surface area (Å²) in [6.07, 6.45) is 1.15. The van der Waals surface area contributed by atoms with Crippen molar-refractivity contribution in [1.82, 2.24) is 10.2 Å². The van der Waals surface area contributed by atoms with Crippen LogP contribution in [0.2, 0.25) is 0 Å². The Kier molecular flexibility index (Phi) is 4.16. The molecule has 0 aromatic carbocycles. The molecular weight excluding hydrogens is 164 g/mol. The molecule has 2 N–H and O–H groups in total. The zero-order chi connectivity index (χ0) is 9.84. The van der Waals surface area contributed by atoms with Crippen LogP contribution in [0.25, 0.3) is 0 Å². The lowest BCUT2D eigenvalue weighted by Crippen LogP contribution is -2.51. The molecule has 0 radical (unpaired) electrons. The first-order valence-electron chi connectivity index (χ1n) is 5.19. The molecule has 0 bridgehead atoms. The Bertz CT molecular complexity index is 150. The molecular formula is C10H22N2O. The quantitative estimate of drug-likeness (QED) is 0.665. The lowest BCUT2D eigenvalue weighted by atomic mass is 9.92. The Labute approximate surface area is 81.1 Å². The van der Waals surface area contributed by atoms with Crippen LogP contribution in [0.4, 0.5) is 0 Å². The van der Waals surface area contributed by atoms with E-state index in [9.17, 15) is 5.11 Å². The number of aliphatic hydroxyl groups is 1. The topological polar surface area (TPSA) is 35.5 Å². The molecule has 1 saturated heterocycles. The van der Waals surface area contributed by atoms with Crippen molar-refractivity contribution >= 4 is 0 Å². The highest BCUT2D eigenvalue weighted by Gasteiger charge is 2.26. The third-order valence-electron chi connectivity index (χ3n) is 2.72. The number of hydrogen-bond donors (Lipinski definition) is 2.